The van der Waals surface area contributed by atoms with Crippen molar-refractivity contribution in [2.24, 2.45) is 0 Å². The van der Waals surface area contributed by atoms with Crippen LogP contribution in [-0.2, 0) is 14.9 Å². The molecule has 1 aromatic rings. The molecule has 1 aliphatic rings. The zero-order valence-corrected chi connectivity index (χ0v) is 14.4. The first-order valence-corrected chi connectivity index (χ1v) is 8.26. The Labute approximate surface area is 139 Å². The fourth-order valence-electron chi connectivity index (χ4n) is 2.58. The predicted octanol–water partition coefficient (Wildman–Crippen LogP) is 1.81. The first kappa shape index (κ1) is 17.8. The summed E-state index contributed by atoms with van der Waals surface area (Å²) in [5.74, 6) is 0.699. The average Bonchev–Trinajstić information content (AvgIpc) is 2.53. The molecule has 5 heteroatoms. The lowest BCUT2D eigenvalue weighted by atomic mass is 9.86. The van der Waals surface area contributed by atoms with E-state index in [4.69, 9.17) is 9.47 Å². The molecule has 1 N–H and O–H groups in total. The first-order valence-electron chi connectivity index (χ1n) is 8.26. The number of nitrogens with one attached hydrogen (secondary N) is 1. The van der Waals surface area contributed by atoms with Gasteiger partial charge in [-0.25, -0.2) is 0 Å². The molecule has 1 amide bonds. The molecule has 0 bridgehead atoms. The van der Waals surface area contributed by atoms with Crippen LogP contribution in [0.25, 0.3) is 0 Å². The molecule has 0 aliphatic carbocycles. The molecule has 0 spiro atoms. The lowest BCUT2D eigenvalue weighted by Gasteiger charge is -2.26. The number of para-hydroxylation sites is 1. The molecule has 1 fully saturated rings. The molecule has 0 atom stereocenters. The smallest absolute Gasteiger partial charge is 0.257 e. The molecule has 0 radical (unpaired) electrons. The third-order valence-electron chi connectivity index (χ3n) is 3.91. The van der Waals surface area contributed by atoms with E-state index in [0.717, 1.165) is 44.2 Å². The number of carbonyl (C=O) groups excluding carboxylic acids is 1. The molecule has 2 rings (SSSR count). The van der Waals surface area contributed by atoms with Gasteiger partial charge in [0.2, 0.25) is 0 Å². The molecule has 0 aromatic heterocycles. The highest BCUT2D eigenvalue weighted by molar-refractivity contribution is 5.77. The third kappa shape index (κ3) is 5.84. The van der Waals surface area contributed by atoms with Crippen LogP contribution in [0, 0.1) is 0 Å². The second-order valence-corrected chi connectivity index (χ2v) is 6.84. The molecule has 0 saturated carbocycles. The van der Waals surface area contributed by atoms with Crippen molar-refractivity contribution >= 4 is 5.91 Å². The van der Waals surface area contributed by atoms with E-state index >= 15 is 0 Å². The van der Waals surface area contributed by atoms with E-state index in [1.54, 1.807) is 0 Å². The molecule has 1 aliphatic heterocycles. The predicted molar refractivity (Wildman–Crippen MR) is 90.9 cm³/mol. The van der Waals surface area contributed by atoms with Crippen molar-refractivity contribution in [1.82, 2.24) is 10.2 Å². The number of hydrogen-bond donors (Lipinski definition) is 1. The summed E-state index contributed by atoms with van der Waals surface area (Å²) in [5, 5.41) is 2.91. The SMILES string of the molecule is CC(C)(C)c1ccccc1OCC(=O)NCCN1CCOCC1. The van der Waals surface area contributed by atoms with Crippen molar-refractivity contribution in [2.75, 3.05) is 46.0 Å². The number of nitrogens with zero attached hydrogens (tertiary/aromatic N) is 1. The van der Waals surface area contributed by atoms with Crippen LogP contribution in [0.4, 0.5) is 0 Å². The van der Waals surface area contributed by atoms with Crippen molar-refractivity contribution in [3.05, 3.63) is 29.8 Å². The second kappa shape index (κ2) is 8.31. The Bertz CT molecular complexity index is 505. The number of carbonyl (C=O) groups is 1. The van der Waals surface area contributed by atoms with E-state index in [9.17, 15) is 4.79 Å². The Morgan fingerprint density at radius 2 is 1.96 bits per heavy atom. The van der Waals surface area contributed by atoms with Gasteiger partial charge in [0.05, 0.1) is 13.2 Å². The van der Waals surface area contributed by atoms with E-state index < -0.39 is 0 Å². The van der Waals surface area contributed by atoms with Crippen molar-refractivity contribution in [3.8, 4) is 5.75 Å². The fourth-order valence-corrected chi connectivity index (χ4v) is 2.58. The van der Waals surface area contributed by atoms with Gasteiger partial charge in [0.1, 0.15) is 5.75 Å². The van der Waals surface area contributed by atoms with Crippen LogP contribution in [0.5, 0.6) is 5.75 Å². The number of benzene rings is 1. The van der Waals surface area contributed by atoms with Crippen LogP contribution >= 0.6 is 0 Å². The molecule has 128 valence electrons. The Morgan fingerprint density at radius 3 is 2.65 bits per heavy atom. The number of morpholine rings is 1. The minimum Gasteiger partial charge on any atom is -0.483 e. The van der Waals surface area contributed by atoms with Crippen LogP contribution in [0.3, 0.4) is 0 Å². The molecule has 1 saturated heterocycles. The quantitative estimate of drug-likeness (QED) is 0.868. The Morgan fingerprint density at radius 1 is 1.26 bits per heavy atom. The van der Waals surface area contributed by atoms with Crippen LogP contribution in [-0.4, -0.2) is 56.8 Å². The molecule has 1 aromatic carbocycles. The van der Waals surface area contributed by atoms with Crippen molar-refractivity contribution < 1.29 is 14.3 Å². The van der Waals surface area contributed by atoms with E-state index in [1.165, 1.54) is 0 Å². The van der Waals surface area contributed by atoms with Crippen molar-refractivity contribution in [2.45, 2.75) is 26.2 Å². The van der Waals surface area contributed by atoms with Gasteiger partial charge in [0.25, 0.3) is 5.91 Å². The van der Waals surface area contributed by atoms with Gasteiger partial charge in [-0.05, 0) is 17.0 Å². The number of ether oxygens (including phenoxy) is 2. The number of rotatable bonds is 6. The number of amides is 1. The maximum Gasteiger partial charge on any atom is 0.257 e. The first-order chi connectivity index (χ1) is 11.0. The zero-order chi connectivity index (χ0) is 16.7. The molecule has 23 heavy (non-hydrogen) atoms. The highest BCUT2D eigenvalue weighted by Crippen LogP contribution is 2.30. The molecule has 5 nitrogen and oxygen atoms in total. The third-order valence-corrected chi connectivity index (χ3v) is 3.91. The Hall–Kier alpha value is -1.59. The van der Waals surface area contributed by atoms with Gasteiger partial charge in [-0.3, -0.25) is 9.69 Å². The second-order valence-electron chi connectivity index (χ2n) is 6.84. The van der Waals surface area contributed by atoms with Crippen LogP contribution in [0.1, 0.15) is 26.3 Å². The van der Waals surface area contributed by atoms with Crippen molar-refractivity contribution in [1.29, 1.82) is 0 Å². The summed E-state index contributed by atoms with van der Waals surface area (Å²) in [6.07, 6.45) is 0. The van der Waals surface area contributed by atoms with Gasteiger partial charge < -0.3 is 14.8 Å². The zero-order valence-electron chi connectivity index (χ0n) is 14.4. The maximum atomic E-state index is 11.9. The van der Waals surface area contributed by atoms with Crippen LogP contribution < -0.4 is 10.1 Å². The minimum atomic E-state index is -0.0815. The van der Waals surface area contributed by atoms with Gasteiger partial charge in [-0.1, -0.05) is 39.0 Å². The fraction of sp³-hybridized carbons (Fsp3) is 0.611. The topological polar surface area (TPSA) is 50.8 Å². The monoisotopic (exact) mass is 320 g/mol. The van der Waals surface area contributed by atoms with E-state index in [-0.39, 0.29) is 17.9 Å². The molecular formula is C18H28N2O3. The summed E-state index contributed by atoms with van der Waals surface area (Å²) in [6.45, 7) is 11.4. The summed E-state index contributed by atoms with van der Waals surface area (Å²) in [5.41, 5.74) is 1.10. The van der Waals surface area contributed by atoms with E-state index in [2.05, 4.69) is 31.0 Å². The van der Waals surface area contributed by atoms with Crippen LogP contribution in [0.15, 0.2) is 24.3 Å². The standard InChI is InChI=1S/C18H28N2O3/c1-18(2,3)15-6-4-5-7-16(15)23-14-17(21)19-8-9-20-10-12-22-13-11-20/h4-7H,8-14H2,1-3H3,(H,19,21). The summed E-state index contributed by atoms with van der Waals surface area (Å²) in [4.78, 5) is 14.2. The van der Waals surface area contributed by atoms with Crippen molar-refractivity contribution in [3.63, 3.8) is 0 Å². The largest absolute Gasteiger partial charge is 0.483 e. The molecule has 0 unspecified atom stereocenters. The van der Waals surface area contributed by atoms with Gasteiger partial charge in [0.15, 0.2) is 6.61 Å². The normalized spacial score (nSPS) is 16.1. The lowest BCUT2D eigenvalue weighted by molar-refractivity contribution is -0.123. The number of hydrogen-bond acceptors (Lipinski definition) is 4. The highest BCUT2D eigenvalue weighted by Gasteiger charge is 2.19. The van der Waals surface area contributed by atoms with Gasteiger partial charge in [-0.15, -0.1) is 0 Å². The minimum absolute atomic E-state index is 0.0105. The Kier molecular flexibility index (Phi) is 6.42. The van der Waals surface area contributed by atoms with Gasteiger partial charge in [0, 0.05) is 26.2 Å². The molecular weight excluding hydrogens is 292 g/mol. The summed E-state index contributed by atoms with van der Waals surface area (Å²) in [6, 6.07) is 7.89. The Balaban J connectivity index is 1.74. The van der Waals surface area contributed by atoms with E-state index in [0.29, 0.717) is 6.54 Å². The average molecular weight is 320 g/mol. The summed E-state index contributed by atoms with van der Waals surface area (Å²) < 4.78 is 11.0. The van der Waals surface area contributed by atoms with E-state index in [1.807, 2.05) is 24.3 Å². The summed E-state index contributed by atoms with van der Waals surface area (Å²) >= 11 is 0. The van der Waals surface area contributed by atoms with Gasteiger partial charge in [-0.2, -0.15) is 0 Å². The van der Waals surface area contributed by atoms with Crippen LogP contribution in [0.2, 0.25) is 0 Å². The molecule has 1 heterocycles. The lowest BCUT2D eigenvalue weighted by Crippen LogP contribution is -2.42. The maximum absolute atomic E-state index is 11.9. The summed E-state index contributed by atoms with van der Waals surface area (Å²) in [7, 11) is 0. The van der Waals surface area contributed by atoms with Gasteiger partial charge >= 0.3 is 0 Å². The highest BCUT2D eigenvalue weighted by atomic mass is 16.5.